The van der Waals surface area contributed by atoms with E-state index in [1.165, 1.54) is 0 Å². The molecule has 1 aliphatic rings. The zero-order valence-corrected chi connectivity index (χ0v) is 14.5. The number of para-hydroxylation sites is 1. The molecule has 1 heterocycles. The van der Waals surface area contributed by atoms with E-state index in [1.54, 1.807) is 23.1 Å². The molecule has 2 aromatic rings. The van der Waals surface area contributed by atoms with Crippen LogP contribution in [-0.4, -0.2) is 18.4 Å². The molecule has 2 aromatic carbocycles. The fourth-order valence-electron chi connectivity index (χ4n) is 2.57. The number of halogens is 2. The van der Waals surface area contributed by atoms with Crippen molar-refractivity contribution in [2.45, 2.75) is 6.42 Å². The molecule has 1 atom stereocenters. The minimum atomic E-state index is -0.387. The Morgan fingerprint density at radius 3 is 2.65 bits per heavy atom. The molecule has 1 N–H and O–H groups in total. The highest BCUT2D eigenvalue weighted by Crippen LogP contribution is 2.29. The molecule has 118 valence electrons. The quantitative estimate of drug-likeness (QED) is 0.854. The van der Waals surface area contributed by atoms with Gasteiger partial charge in [-0.15, -0.1) is 0 Å². The summed E-state index contributed by atoms with van der Waals surface area (Å²) in [6.45, 7) is 0.378. The van der Waals surface area contributed by atoms with Crippen LogP contribution in [0.25, 0.3) is 0 Å². The van der Waals surface area contributed by atoms with Crippen molar-refractivity contribution in [2.75, 3.05) is 16.8 Å². The molecule has 0 spiro atoms. The summed E-state index contributed by atoms with van der Waals surface area (Å²) in [6, 6.07) is 14.6. The Kier molecular flexibility index (Phi) is 4.68. The number of nitrogens with one attached hydrogen (secondary N) is 1. The second kappa shape index (κ2) is 6.72. The van der Waals surface area contributed by atoms with E-state index in [4.69, 9.17) is 11.6 Å². The molecule has 1 aliphatic heterocycles. The van der Waals surface area contributed by atoms with Gasteiger partial charge in [0, 0.05) is 23.1 Å². The number of carbonyl (C=O) groups excluding carboxylic acids is 2. The van der Waals surface area contributed by atoms with Gasteiger partial charge in [-0.1, -0.05) is 45.7 Å². The van der Waals surface area contributed by atoms with Gasteiger partial charge in [-0.05, 0) is 30.3 Å². The van der Waals surface area contributed by atoms with Crippen molar-refractivity contribution in [1.29, 1.82) is 0 Å². The average molecular weight is 394 g/mol. The Morgan fingerprint density at radius 1 is 1.22 bits per heavy atom. The molecule has 2 amide bonds. The molecule has 0 bridgehead atoms. The monoisotopic (exact) mass is 392 g/mol. The summed E-state index contributed by atoms with van der Waals surface area (Å²) >= 11 is 9.43. The molecule has 1 unspecified atom stereocenters. The van der Waals surface area contributed by atoms with E-state index < -0.39 is 0 Å². The van der Waals surface area contributed by atoms with Crippen LogP contribution in [0.15, 0.2) is 53.0 Å². The van der Waals surface area contributed by atoms with Crippen LogP contribution in [0.5, 0.6) is 0 Å². The van der Waals surface area contributed by atoms with Gasteiger partial charge in [-0.3, -0.25) is 9.59 Å². The largest absolute Gasteiger partial charge is 0.324 e. The summed E-state index contributed by atoms with van der Waals surface area (Å²) < 4.78 is 0.840. The zero-order chi connectivity index (χ0) is 16.4. The van der Waals surface area contributed by atoms with Crippen LogP contribution >= 0.6 is 27.5 Å². The lowest BCUT2D eigenvalue weighted by Crippen LogP contribution is -2.28. The second-order valence-electron chi connectivity index (χ2n) is 5.35. The van der Waals surface area contributed by atoms with Crippen LogP contribution in [0.4, 0.5) is 11.4 Å². The SMILES string of the molecule is O=C(Nc1ccc(Br)cc1Cl)C1CC(=O)N(c2ccccc2)C1. The lowest BCUT2D eigenvalue weighted by atomic mass is 10.1. The Bertz CT molecular complexity index is 752. The van der Waals surface area contributed by atoms with Gasteiger partial charge in [0.15, 0.2) is 0 Å². The Balaban J connectivity index is 1.71. The van der Waals surface area contributed by atoms with Crippen molar-refractivity contribution in [3.8, 4) is 0 Å². The first-order valence-electron chi connectivity index (χ1n) is 7.16. The zero-order valence-electron chi connectivity index (χ0n) is 12.1. The van der Waals surface area contributed by atoms with Crippen LogP contribution < -0.4 is 10.2 Å². The first-order chi connectivity index (χ1) is 11.0. The number of carbonyl (C=O) groups is 2. The summed E-state index contributed by atoms with van der Waals surface area (Å²) in [5.74, 6) is -0.623. The molecular formula is C17H14BrClN2O2. The van der Waals surface area contributed by atoms with E-state index >= 15 is 0 Å². The van der Waals surface area contributed by atoms with E-state index in [0.717, 1.165) is 10.2 Å². The first kappa shape index (κ1) is 16.0. The maximum atomic E-state index is 12.4. The number of rotatable bonds is 3. The molecule has 0 radical (unpaired) electrons. The minimum absolute atomic E-state index is 0.0433. The van der Waals surface area contributed by atoms with E-state index in [-0.39, 0.29) is 24.2 Å². The number of amides is 2. The molecule has 0 aromatic heterocycles. The van der Waals surface area contributed by atoms with Crippen molar-refractivity contribution in [2.24, 2.45) is 5.92 Å². The van der Waals surface area contributed by atoms with Crippen molar-refractivity contribution < 1.29 is 9.59 Å². The fourth-order valence-corrected chi connectivity index (χ4v) is 3.29. The predicted octanol–water partition coefficient (Wildman–Crippen LogP) is 4.09. The molecule has 3 rings (SSSR count). The normalized spacial score (nSPS) is 17.4. The molecular weight excluding hydrogens is 380 g/mol. The molecule has 0 saturated carbocycles. The molecule has 4 nitrogen and oxygen atoms in total. The van der Waals surface area contributed by atoms with Crippen LogP contribution in [0, 0.1) is 5.92 Å². The number of nitrogens with zero attached hydrogens (tertiary/aromatic N) is 1. The third kappa shape index (κ3) is 3.57. The number of hydrogen-bond donors (Lipinski definition) is 1. The lowest BCUT2D eigenvalue weighted by Gasteiger charge is -2.16. The van der Waals surface area contributed by atoms with E-state index in [0.29, 0.717) is 17.3 Å². The van der Waals surface area contributed by atoms with Gasteiger partial charge in [0.05, 0.1) is 16.6 Å². The summed E-state index contributed by atoms with van der Waals surface area (Å²) in [5, 5.41) is 3.26. The lowest BCUT2D eigenvalue weighted by molar-refractivity contribution is -0.122. The topological polar surface area (TPSA) is 49.4 Å². The highest BCUT2D eigenvalue weighted by Gasteiger charge is 2.35. The smallest absolute Gasteiger partial charge is 0.229 e. The molecule has 23 heavy (non-hydrogen) atoms. The van der Waals surface area contributed by atoms with Gasteiger partial charge in [0.25, 0.3) is 0 Å². The summed E-state index contributed by atoms with van der Waals surface area (Å²) in [5.41, 5.74) is 1.36. The number of anilines is 2. The van der Waals surface area contributed by atoms with Gasteiger partial charge in [0.1, 0.15) is 0 Å². The molecule has 1 saturated heterocycles. The van der Waals surface area contributed by atoms with Gasteiger partial charge in [0.2, 0.25) is 11.8 Å². The van der Waals surface area contributed by atoms with Crippen LogP contribution in [0.1, 0.15) is 6.42 Å². The maximum Gasteiger partial charge on any atom is 0.229 e. The van der Waals surface area contributed by atoms with Crippen molar-refractivity contribution >= 4 is 50.7 Å². The number of hydrogen-bond acceptors (Lipinski definition) is 2. The summed E-state index contributed by atoms with van der Waals surface area (Å²) in [6.07, 6.45) is 0.203. The van der Waals surface area contributed by atoms with Crippen molar-refractivity contribution in [3.63, 3.8) is 0 Å². The highest BCUT2D eigenvalue weighted by molar-refractivity contribution is 9.10. The van der Waals surface area contributed by atoms with Crippen LogP contribution in [-0.2, 0) is 9.59 Å². The average Bonchev–Trinajstić information content (AvgIpc) is 2.93. The first-order valence-corrected chi connectivity index (χ1v) is 8.33. The maximum absolute atomic E-state index is 12.4. The summed E-state index contributed by atoms with van der Waals surface area (Å²) in [7, 11) is 0. The molecule has 0 aliphatic carbocycles. The highest BCUT2D eigenvalue weighted by atomic mass is 79.9. The van der Waals surface area contributed by atoms with E-state index in [1.807, 2.05) is 30.3 Å². The standard InChI is InChI=1S/C17H14BrClN2O2/c18-12-6-7-15(14(19)9-12)20-17(23)11-8-16(22)21(10-11)13-4-2-1-3-5-13/h1-7,9,11H,8,10H2,(H,20,23). The Hall–Kier alpha value is -1.85. The van der Waals surface area contributed by atoms with E-state index in [9.17, 15) is 9.59 Å². The number of benzene rings is 2. The van der Waals surface area contributed by atoms with Crippen LogP contribution in [0.3, 0.4) is 0 Å². The Morgan fingerprint density at radius 2 is 1.96 bits per heavy atom. The van der Waals surface area contributed by atoms with Gasteiger partial charge in [-0.2, -0.15) is 0 Å². The minimum Gasteiger partial charge on any atom is -0.324 e. The van der Waals surface area contributed by atoms with Crippen molar-refractivity contribution in [3.05, 3.63) is 58.0 Å². The third-order valence-electron chi connectivity index (χ3n) is 3.75. The van der Waals surface area contributed by atoms with Gasteiger partial charge in [-0.25, -0.2) is 0 Å². The van der Waals surface area contributed by atoms with E-state index in [2.05, 4.69) is 21.2 Å². The van der Waals surface area contributed by atoms with Gasteiger partial charge >= 0.3 is 0 Å². The molecule has 6 heteroatoms. The van der Waals surface area contributed by atoms with Crippen molar-refractivity contribution in [1.82, 2.24) is 0 Å². The van der Waals surface area contributed by atoms with Gasteiger partial charge < -0.3 is 10.2 Å². The fraction of sp³-hybridized carbons (Fsp3) is 0.176. The van der Waals surface area contributed by atoms with Crippen LogP contribution in [0.2, 0.25) is 5.02 Å². The third-order valence-corrected chi connectivity index (χ3v) is 4.56. The predicted molar refractivity (Wildman–Crippen MR) is 94.7 cm³/mol. The molecule has 1 fully saturated rings. The summed E-state index contributed by atoms with van der Waals surface area (Å²) in [4.78, 5) is 26.2. The Labute approximate surface area is 147 Å². The second-order valence-corrected chi connectivity index (χ2v) is 6.68.